The second-order valence-corrected chi connectivity index (χ2v) is 4.30. The van der Waals surface area contributed by atoms with Crippen LogP contribution in [0.2, 0.25) is 0 Å². The average Bonchev–Trinajstić information content (AvgIpc) is 1.83. The van der Waals surface area contributed by atoms with Crippen LogP contribution in [0, 0.1) is 5.92 Å². The normalized spacial score (nSPS) is 33.5. The Bertz CT molecular complexity index is 139. The summed E-state index contributed by atoms with van der Waals surface area (Å²) in [4.78, 5) is 2.37. The standard InChI is InChI=1S/C10H21NO/c1-7(2)12-9(4)10-8(3)6-11(10)5/h7-10H,6H2,1-5H3/t8?,9-,10-/m0/s1. The van der Waals surface area contributed by atoms with Gasteiger partial charge in [0.05, 0.1) is 12.2 Å². The molecule has 1 unspecified atom stereocenters. The lowest BCUT2D eigenvalue weighted by Gasteiger charge is -2.47. The maximum absolute atomic E-state index is 5.75. The summed E-state index contributed by atoms with van der Waals surface area (Å²) >= 11 is 0. The first kappa shape index (κ1) is 10.0. The second-order valence-electron chi connectivity index (χ2n) is 4.30. The fraction of sp³-hybridized carbons (Fsp3) is 1.00. The lowest BCUT2D eigenvalue weighted by molar-refractivity contribution is -0.0885. The highest BCUT2D eigenvalue weighted by molar-refractivity contribution is 4.91. The maximum atomic E-state index is 5.75. The van der Waals surface area contributed by atoms with Gasteiger partial charge in [0, 0.05) is 12.6 Å². The van der Waals surface area contributed by atoms with E-state index in [0.717, 1.165) is 5.92 Å². The lowest BCUT2D eigenvalue weighted by atomic mass is 9.87. The number of ether oxygens (including phenoxy) is 1. The van der Waals surface area contributed by atoms with Crippen LogP contribution in [0.3, 0.4) is 0 Å². The Hall–Kier alpha value is -0.0800. The predicted octanol–water partition coefficient (Wildman–Crippen LogP) is 1.75. The molecule has 1 aliphatic rings. The molecule has 0 aromatic heterocycles. The third-order valence-electron chi connectivity index (χ3n) is 2.64. The van der Waals surface area contributed by atoms with E-state index in [9.17, 15) is 0 Å². The summed E-state index contributed by atoms with van der Waals surface area (Å²) in [7, 11) is 2.17. The first-order chi connectivity index (χ1) is 5.52. The van der Waals surface area contributed by atoms with Crippen LogP contribution in [0.4, 0.5) is 0 Å². The van der Waals surface area contributed by atoms with Crippen molar-refractivity contribution in [2.24, 2.45) is 5.92 Å². The molecule has 0 radical (unpaired) electrons. The Balaban J connectivity index is 2.35. The number of hydrogen-bond acceptors (Lipinski definition) is 2. The minimum absolute atomic E-state index is 0.348. The zero-order chi connectivity index (χ0) is 9.30. The first-order valence-electron chi connectivity index (χ1n) is 4.88. The fourth-order valence-electron chi connectivity index (χ4n) is 2.31. The van der Waals surface area contributed by atoms with Gasteiger partial charge in [-0.1, -0.05) is 6.92 Å². The van der Waals surface area contributed by atoms with Gasteiger partial charge in [-0.05, 0) is 33.7 Å². The first-order valence-corrected chi connectivity index (χ1v) is 4.88. The quantitative estimate of drug-likeness (QED) is 0.641. The van der Waals surface area contributed by atoms with E-state index < -0.39 is 0 Å². The summed E-state index contributed by atoms with van der Waals surface area (Å²) in [5.74, 6) is 0.795. The van der Waals surface area contributed by atoms with Crippen LogP contribution in [-0.2, 0) is 4.74 Å². The van der Waals surface area contributed by atoms with Crippen LogP contribution in [0.15, 0.2) is 0 Å². The molecule has 0 aromatic rings. The number of nitrogens with zero attached hydrogens (tertiary/aromatic N) is 1. The molecule has 1 saturated heterocycles. The summed E-state index contributed by atoms with van der Waals surface area (Å²) in [5.41, 5.74) is 0. The van der Waals surface area contributed by atoms with Crippen molar-refractivity contribution >= 4 is 0 Å². The van der Waals surface area contributed by atoms with Crippen LogP contribution in [0.1, 0.15) is 27.7 Å². The van der Waals surface area contributed by atoms with Gasteiger partial charge in [0.2, 0.25) is 0 Å². The molecule has 72 valence electrons. The number of likely N-dealkylation sites (N-methyl/N-ethyl adjacent to an activating group) is 1. The average molecular weight is 171 g/mol. The molecule has 0 N–H and O–H groups in total. The van der Waals surface area contributed by atoms with Gasteiger partial charge < -0.3 is 9.64 Å². The third-order valence-corrected chi connectivity index (χ3v) is 2.64. The minimum atomic E-state index is 0.348. The highest BCUT2D eigenvalue weighted by Crippen LogP contribution is 2.26. The number of rotatable bonds is 3. The summed E-state index contributed by atoms with van der Waals surface area (Å²) in [6.45, 7) is 9.89. The van der Waals surface area contributed by atoms with Crippen molar-refractivity contribution in [3.63, 3.8) is 0 Å². The van der Waals surface area contributed by atoms with Gasteiger partial charge in [0.1, 0.15) is 0 Å². The Morgan fingerprint density at radius 2 is 1.92 bits per heavy atom. The Kier molecular flexibility index (Phi) is 3.13. The van der Waals surface area contributed by atoms with E-state index in [1.54, 1.807) is 0 Å². The molecule has 12 heavy (non-hydrogen) atoms. The molecule has 1 fully saturated rings. The van der Waals surface area contributed by atoms with Gasteiger partial charge >= 0.3 is 0 Å². The second kappa shape index (κ2) is 3.75. The Morgan fingerprint density at radius 3 is 2.25 bits per heavy atom. The van der Waals surface area contributed by atoms with Gasteiger partial charge in [-0.25, -0.2) is 0 Å². The maximum Gasteiger partial charge on any atom is 0.0708 e. The van der Waals surface area contributed by atoms with Crippen LogP contribution < -0.4 is 0 Å². The SMILES string of the molecule is CC(C)O[C@@H](C)[C@@H]1C(C)CN1C. The van der Waals surface area contributed by atoms with E-state index in [0.29, 0.717) is 18.2 Å². The van der Waals surface area contributed by atoms with Crippen molar-refractivity contribution in [3.8, 4) is 0 Å². The van der Waals surface area contributed by atoms with Crippen molar-refractivity contribution in [3.05, 3.63) is 0 Å². The van der Waals surface area contributed by atoms with Crippen molar-refractivity contribution in [1.29, 1.82) is 0 Å². The molecule has 2 heteroatoms. The molecule has 1 heterocycles. The number of hydrogen-bond donors (Lipinski definition) is 0. The highest BCUT2D eigenvalue weighted by atomic mass is 16.5. The smallest absolute Gasteiger partial charge is 0.0708 e. The monoisotopic (exact) mass is 171 g/mol. The third kappa shape index (κ3) is 1.99. The van der Waals surface area contributed by atoms with Crippen molar-refractivity contribution in [2.75, 3.05) is 13.6 Å². The largest absolute Gasteiger partial charge is 0.374 e. The van der Waals surface area contributed by atoms with E-state index in [1.807, 2.05) is 0 Å². The van der Waals surface area contributed by atoms with Crippen molar-refractivity contribution < 1.29 is 4.74 Å². The van der Waals surface area contributed by atoms with Crippen molar-refractivity contribution in [2.45, 2.75) is 45.9 Å². The molecule has 0 saturated carbocycles. The topological polar surface area (TPSA) is 12.5 Å². The molecular weight excluding hydrogens is 150 g/mol. The summed E-state index contributed by atoms with van der Waals surface area (Å²) in [5, 5.41) is 0. The van der Waals surface area contributed by atoms with Gasteiger partial charge in [0.15, 0.2) is 0 Å². The zero-order valence-electron chi connectivity index (χ0n) is 8.87. The van der Waals surface area contributed by atoms with Gasteiger partial charge in [-0.3, -0.25) is 0 Å². The highest BCUT2D eigenvalue weighted by Gasteiger charge is 2.37. The predicted molar refractivity (Wildman–Crippen MR) is 51.3 cm³/mol. The van der Waals surface area contributed by atoms with E-state index in [-0.39, 0.29) is 0 Å². The number of likely N-dealkylation sites (tertiary alicyclic amines) is 1. The molecule has 0 spiro atoms. The molecular formula is C10H21NO. The molecule has 2 nitrogen and oxygen atoms in total. The Labute approximate surface area is 75.9 Å². The lowest BCUT2D eigenvalue weighted by Crippen LogP contribution is -2.58. The zero-order valence-corrected chi connectivity index (χ0v) is 8.87. The summed E-state index contributed by atoms with van der Waals surface area (Å²) < 4.78 is 5.75. The van der Waals surface area contributed by atoms with Crippen LogP contribution in [-0.4, -0.2) is 36.7 Å². The van der Waals surface area contributed by atoms with E-state index in [1.165, 1.54) is 6.54 Å². The van der Waals surface area contributed by atoms with Crippen LogP contribution >= 0.6 is 0 Å². The summed E-state index contributed by atoms with van der Waals surface area (Å²) in [6, 6.07) is 0.632. The fourth-order valence-corrected chi connectivity index (χ4v) is 2.31. The molecule has 0 amide bonds. The molecule has 1 rings (SSSR count). The van der Waals surface area contributed by atoms with Gasteiger partial charge in [0.25, 0.3) is 0 Å². The van der Waals surface area contributed by atoms with Crippen LogP contribution in [0.25, 0.3) is 0 Å². The Morgan fingerprint density at radius 1 is 1.33 bits per heavy atom. The van der Waals surface area contributed by atoms with Crippen molar-refractivity contribution in [1.82, 2.24) is 4.90 Å². The van der Waals surface area contributed by atoms with E-state index in [4.69, 9.17) is 4.74 Å². The molecule has 0 aliphatic carbocycles. The summed E-state index contributed by atoms with van der Waals surface area (Å²) in [6.07, 6.45) is 0.722. The van der Waals surface area contributed by atoms with Gasteiger partial charge in [-0.15, -0.1) is 0 Å². The minimum Gasteiger partial charge on any atom is -0.374 e. The molecule has 0 aromatic carbocycles. The van der Waals surface area contributed by atoms with Crippen LogP contribution in [0.5, 0.6) is 0 Å². The molecule has 1 aliphatic heterocycles. The molecule has 3 atom stereocenters. The molecule has 0 bridgehead atoms. The van der Waals surface area contributed by atoms with Gasteiger partial charge in [-0.2, -0.15) is 0 Å². The van der Waals surface area contributed by atoms with E-state index >= 15 is 0 Å². The van der Waals surface area contributed by atoms with E-state index in [2.05, 4.69) is 39.6 Å².